The van der Waals surface area contributed by atoms with Crippen molar-refractivity contribution in [3.8, 4) is 0 Å². The summed E-state index contributed by atoms with van der Waals surface area (Å²) in [5, 5.41) is 7.93. The van der Waals surface area contributed by atoms with Gasteiger partial charge in [-0.05, 0) is 24.5 Å². The molecule has 5 heteroatoms. The lowest BCUT2D eigenvalue weighted by atomic mass is 10.1. The fourth-order valence-electron chi connectivity index (χ4n) is 1.63. The van der Waals surface area contributed by atoms with Crippen molar-refractivity contribution in [1.82, 2.24) is 10.3 Å². The van der Waals surface area contributed by atoms with Gasteiger partial charge in [-0.25, -0.2) is 9.78 Å². The minimum absolute atomic E-state index is 0.210. The number of rotatable bonds is 4. The van der Waals surface area contributed by atoms with Crippen molar-refractivity contribution in [2.45, 2.75) is 13.3 Å². The number of hydrogen-bond donors (Lipinski definition) is 2. The van der Waals surface area contributed by atoms with E-state index in [2.05, 4.69) is 34.7 Å². The van der Waals surface area contributed by atoms with Gasteiger partial charge in [-0.2, -0.15) is 0 Å². The Labute approximate surface area is 110 Å². The zero-order valence-electron chi connectivity index (χ0n) is 10.1. The minimum Gasteiger partial charge on any atom is -0.337 e. The number of carbonyl (C=O) groups excluding carboxylic acids is 1. The second kappa shape index (κ2) is 6.16. The van der Waals surface area contributed by atoms with Crippen molar-refractivity contribution in [1.29, 1.82) is 0 Å². The molecule has 4 nitrogen and oxygen atoms in total. The SMILES string of the molecule is Cc1ccccc1CCNC(=O)Nc1nccs1. The first-order valence-electron chi connectivity index (χ1n) is 5.74. The van der Waals surface area contributed by atoms with Crippen LogP contribution in [0.1, 0.15) is 11.1 Å². The Morgan fingerprint density at radius 2 is 2.22 bits per heavy atom. The molecule has 0 saturated carbocycles. The van der Waals surface area contributed by atoms with Gasteiger partial charge in [0.15, 0.2) is 5.13 Å². The predicted octanol–water partition coefficient (Wildman–Crippen LogP) is 2.82. The molecule has 18 heavy (non-hydrogen) atoms. The lowest BCUT2D eigenvalue weighted by molar-refractivity contribution is 0.252. The Kier molecular flexibility index (Phi) is 4.30. The van der Waals surface area contributed by atoms with Gasteiger partial charge in [0.2, 0.25) is 0 Å². The van der Waals surface area contributed by atoms with Gasteiger partial charge >= 0.3 is 6.03 Å². The van der Waals surface area contributed by atoms with Gasteiger partial charge in [0.05, 0.1) is 0 Å². The average molecular weight is 261 g/mol. The van der Waals surface area contributed by atoms with Crippen LogP contribution in [0.15, 0.2) is 35.8 Å². The van der Waals surface area contributed by atoms with E-state index in [0.29, 0.717) is 11.7 Å². The molecule has 2 amide bonds. The third-order valence-corrected chi connectivity index (χ3v) is 3.28. The van der Waals surface area contributed by atoms with Crippen LogP contribution in [0, 0.1) is 6.92 Å². The van der Waals surface area contributed by atoms with E-state index in [-0.39, 0.29) is 6.03 Å². The van der Waals surface area contributed by atoms with E-state index < -0.39 is 0 Å². The molecule has 2 rings (SSSR count). The van der Waals surface area contributed by atoms with Crippen LogP contribution in [0.4, 0.5) is 9.93 Å². The number of hydrogen-bond acceptors (Lipinski definition) is 3. The van der Waals surface area contributed by atoms with E-state index in [9.17, 15) is 4.79 Å². The van der Waals surface area contributed by atoms with Gasteiger partial charge in [-0.15, -0.1) is 11.3 Å². The van der Waals surface area contributed by atoms with E-state index in [4.69, 9.17) is 0 Å². The molecule has 0 bridgehead atoms. The van der Waals surface area contributed by atoms with E-state index in [1.54, 1.807) is 6.20 Å². The van der Waals surface area contributed by atoms with Crippen LogP contribution >= 0.6 is 11.3 Å². The molecule has 1 aromatic carbocycles. The van der Waals surface area contributed by atoms with Crippen molar-refractivity contribution in [2.75, 3.05) is 11.9 Å². The molecule has 0 saturated heterocycles. The summed E-state index contributed by atoms with van der Waals surface area (Å²) in [5.74, 6) is 0. The Hall–Kier alpha value is -1.88. The van der Waals surface area contributed by atoms with Crippen LogP contribution in [0.25, 0.3) is 0 Å². The smallest absolute Gasteiger partial charge is 0.321 e. The number of urea groups is 1. The summed E-state index contributed by atoms with van der Waals surface area (Å²) in [6, 6.07) is 7.97. The lowest BCUT2D eigenvalue weighted by Crippen LogP contribution is -2.30. The van der Waals surface area contributed by atoms with Crippen molar-refractivity contribution >= 4 is 22.5 Å². The lowest BCUT2D eigenvalue weighted by Gasteiger charge is -2.07. The molecule has 0 fully saturated rings. The minimum atomic E-state index is -0.210. The number of carbonyl (C=O) groups is 1. The van der Waals surface area contributed by atoms with Crippen molar-refractivity contribution < 1.29 is 4.79 Å². The highest BCUT2D eigenvalue weighted by Gasteiger charge is 2.03. The second-order valence-electron chi connectivity index (χ2n) is 3.89. The van der Waals surface area contributed by atoms with E-state index >= 15 is 0 Å². The maximum Gasteiger partial charge on any atom is 0.321 e. The van der Waals surface area contributed by atoms with Crippen LogP contribution in [0.5, 0.6) is 0 Å². The highest BCUT2D eigenvalue weighted by Crippen LogP contribution is 2.10. The largest absolute Gasteiger partial charge is 0.337 e. The normalized spacial score (nSPS) is 10.1. The van der Waals surface area contributed by atoms with Gasteiger partial charge < -0.3 is 5.32 Å². The van der Waals surface area contributed by atoms with E-state index in [0.717, 1.165) is 6.42 Å². The Morgan fingerprint density at radius 3 is 2.94 bits per heavy atom. The molecule has 2 aromatic rings. The summed E-state index contributed by atoms with van der Waals surface area (Å²) in [4.78, 5) is 15.5. The molecule has 1 aromatic heterocycles. The predicted molar refractivity (Wildman–Crippen MR) is 74.0 cm³/mol. The third kappa shape index (κ3) is 3.56. The summed E-state index contributed by atoms with van der Waals surface area (Å²) in [7, 11) is 0. The first kappa shape index (κ1) is 12.6. The van der Waals surface area contributed by atoms with E-state index in [1.807, 2.05) is 17.5 Å². The van der Waals surface area contributed by atoms with E-state index in [1.165, 1.54) is 22.5 Å². The fourth-order valence-corrected chi connectivity index (χ4v) is 2.15. The van der Waals surface area contributed by atoms with Gasteiger partial charge in [0.1, 0.15) is 0 Å². The first-order chi connectivity index (χ1) is 8.75. The van der Waals surface area contributed by atoms with Crippen LogP contribution in [0.3, 0.4) is 0 Å². The zero-order chi connectivity index (χ0) is 12.8. The van der Waals surface area contributed by atoms with Crippen LogP contribution in [-0.4, -0.2) is 17.6 Å². The number of benzene rings is 1. The molecule has 2 N–H and O–H groups in total. The Morgan fingerprint density at radius 1 is 1.39 bits per heavy atom. The van der Waals surface area contributed by atoms with Gasteiger partial charge in [-0.3, -0.25) is 5.32 Å². The standard InChI is InChI=1S/C13H15N3OS/c1-10-4-2-3-5-11(10)6-7-14-12(17)16-13-15-8-9-18-13/h2-5,8-9H,6-7H2,1H3,(H2,14,15,16,17). The number of anilines is 1. The van der Waals surface area contributed by atoms with Crippen molar-refractivity contribution in [3.05, 3.63) is 47.0 Å². The number of nitrogens with zero attached hydrogens (tertiary/aromatic N) is 1. The fraction of sp³-hybridized carbons (Fsp3) is 0.231. The van der Waals surface area contributed by atoms with Crippen molar-refractivity contribution in [2.24, 2.45) is 0 Å². The maximum absolute atomic E-state index is 11.5. The maximum atomic E-state index is 11.5. The van der Waals surface area contributed by atoms with Crippen LogP contribution in [0.2, 0.25) is 0 Å². The third-order valence-electron chi connectivity index (χ3n) is 2.59. The molecule has 0 aliphatic heterocycles. The summed E-state index contributed by atoms with van der Waals surface area (Å²) < 4.78 is 0. The molecular formula is C13H15N3OS. The summed E-state index contributed by atoms with van der Waals surface area (Å²) in [6.45, 7) is 2.69. The quantitative estimate of drug-likeness (QED) is 0.889. The molecule has 0 aliphatic rings. The topological polar surface area (TPSA) is 54.0 Å². The number of nitrogens with one attached hydrogen (secondary N) is 2. The number of amides is 2. The Bertz CT molecular complexity index is 511. The number of aromatic nitrogens is 1. The highest BCUT2D eigenvalue weighted by atomic mass is 32.1. The Balaban J connectivity index is 1.75. The molecule has 0 aliphatic carbocycles. The molecular weight excluding hydrogens is 246 g/mol. The molecule has 0 radical (unpaired) electrons. The second-order valence-corrected chi connectivity index (χ2v) is 4.79. The van der Waals surface area contributed by atoms with Gasteiger partial charge in [-0.1, -0.05) is 24.3 Å². The molecule has 94 valence electrons. The van der Waals surface area contributed by atoms with Crippen LogP contribution < -0.4 is 10.6 Å². The van der Waals surface area contributed by atoms with Gasteiger partial charge in [0.25, 0.3) is 0 Å². The molecule has 1 heterocycles. The van der Waals surface area contributed by atoms with Crippen LogP contribution in [-0.2, 0) is 6.42 Å². The van der Waals surface area contributed by atoms with Crippen molar-refractivity contribution in [3.63, 3.8) is 0 Å². The zero-order valence-corrected chi connectivity index (χ0v) is 11.0. The number of thiazole rings is 1. The summed E-state index contributed by atoms with van der Waals surface area (Å²) in [5.41, 5.74) is 2.51. The highest BCUT2D eigenvalue weighted by molar-refractivity contribution is 7.13. The number of aryl methyl sites for hydroxylation is 1. The monoisotopic (exact) mass is 261 g/mol. The summed E-state index contributed by atoms with van der Waals surface area (Å²) in [6.07, 6.45) is 2.49. The van der Waals surface area contributed by atoms with Gasteiger partial charge in [0, 0.05) is 18.1 Å². The summed E-state index contributed by atoms with van der Waals surface area (Å²) >= 11 is 1.40. The molecule has 0 unspecified atom stereocenters. The first-order valence-corrected chi connectivity index (χ1v) is 6.62. The molecule has 0 atom stereocenters. The molecule has 0 spiro atoms. The average Bonchev–Trinajstić information content (AvgIpc) is 2.84.